The number of anilines is 1. The third kappa shape index (κ3) is 5.48. The van der Waals surface area contributed by atoms with Crippen LogP contribution in [0, 0.1) is 11.8 Å². The second kappa shape index (κ2) is 10.2. The zero-order valence-electron chi connectivity index (χ0n) is 17.6. The van der Waals surface area contributed by atoms with Crippen LogP contribution in [0.15, 0.2) is 36.4 Å². The van der Waals surface area contributed by atoms with Gasteiger partial charge in [0.25, 0.3) is 0 Å². The van der Waals surface area contributed by atoms with Crippen LogP contribution in [0.1, 0.15) is 62.0 Å². The molecule has 1 aromatic heterocycles. The number of aromatic carboxylic acids is 1. The van der Waals surface area contributed by atoms with Gasteiger partial charge >= 0.3 is 5.97 Å². The summed E-state index contributed by atoms with van der Waals surface area (Å²) in [6.45, 7) is 4.05. The Balaban J connectivity index is 1.94. The van der Waals surface area contributed by atoms with Crippen molar-refractivity contribution in [1.29, 1.82) is 0 Å². The predicted molar refractivity (Wildman–Crippen MR) is 120 cm³/mol. The van der Waals surface area contributed by atoms with Crippen LogP contribution < -0.4 is 4.90 Å². The number of halogens is 1. The molecule has 1 N–H and O–H groups in total. The van der Waals surface area contributed by atoms with Crippen molar-refractivity contribution in [3.63, 3.8) is 0 Å². The molecular formula is C24H30FNO3S. The summed E-state index contributed by atoms with van der Waals surface area (Å²) in [5.74, 6) is -0.527. The van der Waals surface area contributed by atoms with Crippen LogP contribution in [0.25, 0.3) is 10.4 Å². The Hall–Kier alpha value is -2.21. The van der Waals surface area contributed by atoms with E-state index in [2.05, 4.69) is 6.92 Å². The number of amides is 1. The molecule has 6 heteroatoms. The first kappa shape index (κ1) is 22.5. The zero-order valence-corrected chi connectivity index (χ0v) is 18.5. The first-order valence-electron chi connectivity index (χ1n) is 10.7. The van der Waals surface area contributed by atoms with Crippen molar-refractivity contribution in [3.05, 3.63) is 41.3 Å². The lowest BCUT2D eigenvalue weighted by molar-refractivity contribution is -0.123. The smallest absolute Gasteiger partial charge is 0.348 e. The number of benzene rings is 1. The third-order valence-corrected chi connectivity index (χ3v) is 7.03. The molecule has 0 bridgehead atoms. The van der Waals surface area contributed by atoms with E-state index in [1.807, 2.05) is 36.4 Å². The predicted octanol–water partition coefficient (Wildman–Crippen LogP) is 6.41. The summed E-state index contributed by atoms with van der Waals surface area (Å²) in [5, 5.41) is 9.83. The number of rotatable bonds is 8. The topological polar surface area (TPSA) is 57.6 Å². The summed E-state index contributed by atoms with van der Waals surface area (Å²) in [4.78, 5) is 28.1. The summed E-state index contributed by atoms with van der Waals surface area (Å²) in [5.41, 5.74) is 1.37. The summed E-state index contributed by atoms with van der Waals surface area (Å²) < 4.78 is 13.4. The van der Waals surface area contributed by atoms with Crippen molar-refractivity contribution in [2.45, 2.75) is 58.5 Å². The molecule has 1 aromatic carbocycles. The molecule has 1 fully saturated rings. The minimum Gasteiger partial charge on any atom is -0.477 e. The lowest BCUT2D eigenvalue weighted by atomic mass is 9.82. The molecule has 30 heavy (non-hydrogen) atoms. The molecule has 1 unspecified atom stereocenters. The van der Waals surface area contributed by atoms with Gasteiger partial charge in [0.1, 0.15) is 4.88 Å². The van der Waals surface area contributed by atoms with Gasteiger partial charge < -0.3 is 10.0 Å². The summed E-state index contributed by atoms with van der Waals surface area (Å²) >= 11 is 1.19. The van der Waals surface area contributed by atoms with Crippen LogP contribution in [0.5, 0.6) is 0 Å². The van der Waals surface area contributed by atoms with Crippen molar-refractivity contribution in [2.75, 3.05) is 11.4 Å². The molecule has 0 spiro atoms. The molecule has 3 rings (SSSR count). The normalized spacial score (nSPS) is 20.0. The Bertz CT molecular complexity index is 857. The highest BCUT2D eigenvalue weighted by Crippen LogP contribution is 2.39. The fourth-order valence-electron chi connectivity index (χ4n) is 4.09. The summed E-state index contributed by atoms with van der Waals surface area (Å²) in [6.07, 6.45) is 3.58. The van der Waals surface area contributed by atoms with Gasteiger partial charge in [0.15, 0.2) is 0 Å². The van der Waals surface area contributed by atoms with Crippen molar-refractivity contribution in [1.82, 2.24) is 0 Å². The van der Waals surface area contributed by atoms with Gasteiger partial charge in [-0.3, -0.25) is 4.79 Å². The number of carboxylic acid groups (broad SMARTS) is 1. The molecule has 1 aliphatic rings. The first-order chi connectivity index (χ1) is 14.4. The highest BCUT2D eigenvalue weighted by Gasteiger charge is 2.32. The molecular weight excluding hydrogens is 401 g/mol. The van der Waals surface area contributed by atoms with Gasteiger partial charge in [-0.05, 0) is 63.0 Å². The van der Waals surface area contributed by atoms with Gasteiger partial charge in [-0.1, -0.05) is 37.3 Å². The van der Waals surface area contributed by atoms with Gasteiger partial charge in [0.2, 0.25) is 5.91 Å². The average molecular weight is 432 g/mol. The highest BCUT2D eigenvalue weighted by molar-refractivity contribution is 7.18. The molecule has 0 saturated heterocycles. The van der Waals surface area contributed by atoms with Crippen LogP contribution in [0.2, 0.25) is 0 Å². The van der Waals surface area contributed by atoms with E-state index in [0.717, 1.165) is 36.1 Å². The number of hydrogen-bond donors (Lipinski definition) is 1. The summed E-state index contributed by atoms with van der Waals surface area (Å²) in [6, 6.07) is 11.4. The zero-order chi connectivity index (χ0) is 21.7. The lowest BCUT2D eigenvalue weighted by Crippen LogP contribution is -2.39. The Labute approximate surface area is 181 Å². The van der Waals surface area contributed by atoms with Crippen LogP contribution >= 0.6 is 11.3 Å². The van der Waals surface area contributed by atoms with Crippen molar-refractivity contribution in [2.24, 2.45) is 11.8 Å². The second-order valence-corrected chi connectivity index (χ2v) is 9.42. The standard InChI is InChI=1S/C24H30FNO3S/c1-16-10-12-19(13-11-16)23(27)26(14-6-7-17(2)25)20-15-21(30-22(20)24(28)29)18-8-4-3-5-9-18/h3-5,8-9,15-17,19H,6-7,10-14H2,1-2H3,(H,28,29). The van der Waals surface area contributed by atoms with Crippen molar-refractivity contribution < 1.29 is 19.1 Å². The molecule has 2 aromatic rings. The fraction of sp³-hybridized carbons (Fsp3) is 0.500. The number of hydrogen-bond acceptors (Lipinski definition) is 3. The molecule has 1 atom stereocenters. The maximum atomic E-state index is 13.4. The van der Waals surface area contributed by atoms with E-state index in [-0.39, 0.29) is 16.7 Å². The van der Waals surface area contributed by atoms with Crippen LogP contribution in [0.4, 0.5) is 10.1 Å². The minimum absolute atomic E-state index is 0.0201. The van der Waals surface area contributed by atoms with Crippen molar-refractivity contribution >= 4 is 28.9 Å². The van der Waals surface area contributed by atoms with Crippen LogP contribution in [-0.4, -0.2) is 29.7 Å². The van der Waals surface area contributed by atoms with E-state index in [0.29, 0.717) is 31.0 Å². The molecule has 0 aliphatic heterocycles. The SMILES string of the molecule is CC(F)CCCN(C(=O)C1CCC(C)CC1)c1cc(-c2ccccc2)sc1C(=O)O. The number of nitrogens with zero attached hydrogens (tertiary/aromatic N) is 1. The Morgan fingerprint density at radius 2 is 1.87 bits per heavy atom. The molecule has 1 amide bonds. The third-order valence-electron chi connectivity index (χ3n) is 5.87. The van der Waals surface area contributed by atoms with E-state index < -0.39 is 12.1 Å². The lowest BCUT2D eigenvalue weighted by Gasteiger charge is -2.31. The number of carboxylic acids is 1. The average Bonchev–Trinajstić information content (AvgIpc) is 3.17. The quantitative estimate of drug-likeness (QED) is 0.525. The Kier molecular flexibility index (Phi) is 7.64. The van der Waals surface area contributed by atoms with Gasteiger partial charge in [-0.25, -0.2) is 9.18 Å². The Morgan fingerprint density at radius 1 is 1.20 bits per heavy atom. The highest BCUT2D eigenvalue weighted by atomic mass is 32.1. The number of thiophene rings is 1. The van der Waals surface area contributed by atoms with E-state index in [4.69, 9.17) is 0 Å². The van der Waals surface area contributed by atoms with Gasteiger partial charge in [0, 0.05) is 17.3 Å². The molecule has 0 radical (unpaired) electrons. The minimum atomic E-state index is -1.04. The van der Waals surface area contributed by atoms with Gasteiger partial charge in [0.05, 0.1) is 11.9 Å². The van der Waals surface area contributed by atoms with E-state index in [9.17, 15) is 19.1 Å². The molecule has 4 nitrogen and oxygen atoms in total. The number of carbonyl (C=O) groups excluding carboxylic acids is 1. The van der Waals surface area contributed by atoms with Gasteiger partial charge in [-0.15, -0.1) is 11.3 Å². The van der Waals surface area contributed by atoms with Gasteiger partial charge in [-0.2, -0.15) is 0 Å². The maximum absolute atomic E-state index is 13.4. The Morgan fingerprint density at radius 3 is 2.47 bits per heavy atom. The van der Waals surface area contributed by atoms with E-state index >= 15 is 0 Å². The number of carbonyl (C=O) groups is 2. The van der Waals surface area contributed by atoms with Crippen LogP contribution in [0.3, 0.4) is 0 Å². The van der Waals surface area contributed by atoms with Crippen LogP contribution in [-0.2, 0) is 4.79 Å². The molecule has 1 aliphatic carbocycles. The molecule has 162 valence electrons. The van der Waals surface area contributed by atoms with Crippen molar-refractivity contribution in [3.8, 4) is 10.4 Å². The fourth-order valence-corrected chi connectivity index (χ4v) is 5.09. The monoisotopic (exact) mass is 431 g/mol. The first-order valence-corrected chi connectivity index (χ1v) is 11.6. The summed E-state index contributed by atoms with van der Waals surface area (Å²) in [7, 11) is 0. The van der Waals surface area contributed by atoms with E-state index in [1.165, 1.54) is 18.3 Å². The number of alkyl halides is 1. The second-order valence-electron chi connectivity index (χ2n) is 8.37. The largest absolute Gasteiger partial charge is 0.477 e. The molecule has 1 heterocycles. The maximum Gasteiger partial charge on any atom is 0.348 e. The molecule has 1 saturated carbocycles. The van der Waals surface area contributed by atoms with E-state index in [1.54, 1.807) is 4.90 Å².